The Morgan fingerprint density at radius 1 is 1.13 bits per heavy atom. The number of nitro benzene ring substituents is 1. The molecule has 1 heterocycles. The first-order chi connectivity index (χ1) is 14.8. The number of aromatic hydroxyl groups is 1. The first kappa shape index (κ1) is 21.9. The van der Waals surface area contributed by atoms with Crippen LogP contribution in [0.3, 0.4) is 0 Å². The Labute approximate surface area is 176 Å². The fourth-order valence-electron chi connectivity index (χ4n) is 3.37. The third-order valence-electron chi connectivity index (χ3n) is 4.79. The van der Waals surface area contributed by atoms with Crippen LogP contribution in [-0.4, -0.2) is 63.2 Å². The zero-order valence-corrected chi connectivity index (χ0v) is 16.3. The van der Waals surface area contributed by atoms with Gasteiger partial charge in [-0.05, 0) is 17.7 Å². The number of amides is 1. The molecule has 1 aliphatic rings. The van der Waals surface area contributed by atoms with Crippen LogP contribution >= 0.6 is 0 Å². The lowest BCUT2D eigenvalue weighted by Gasteiger charge is -2.25. The highest BCUT2D eigenvalue weighted by molar-refractivity contribution is 6.46. The number of phenols is 1. The van der Waals surface area contributed by atoms with E-state index in [2.05, 4.69) is 0 Å². The van der Waals surface area contributed by atoms with Crippen molar-refractivity contribution in [3.8, 4) is 5.75 Å². The molecule has 1 fully saturated rings. The Kier molecular flexibility index (Phi) is 6.63. The van der Waals surface area contributed by atoms with Crippen LogP contribution < -0.4 is 0 Å². The molecule has 162 valence electrons. The Morgan fingerprint density at radius 3 is 2.48 bits per heavy atom. The van der Waals surface area contributed by atoms with E-state index in [-0.39, 0.29) is 48.9 Å². The highest BCUT2D eigenvalue weighted by Crippen LogP contribution is 2.39. The molecule has 1 aliphatic heterocycles. The van der Waals surface area contributed by atoms with Gasteiger partial charge in [-0.15, -0.1) is 0 Å². The van der Waals surface area contributed by atoms with Crippen molar-refractivity contribution in [3.63, 3.8) is 0 Å². The Bertz CT molecular complexity index is 1030. The van der Waals surface area contributed by atoms with Gasteiger partial charge in [0.05, 0.1) is 36.4 Å². The third kappa shape index (κ3) is 4.55. The van der Waals surface area contributed by atoms with Gasteiger partial charge >= 0.3 is 0 Å². The van der Waals surface area contributed by atoms with Gasteiger partial charge < -0.3 is 25.0 Å². The number of nitrogens with zero attached hydrogens (tertiary/aromatic N) is 2. The largest absolute Gasteiger partial charge is 0.508 e. The summed E-state index contributed by atoms with van der Waals surface area (Å²) in [4.78, 5) is 37.2. The van der Waals surface area contributed by atoms with Gasteiger partial charge in [0, 0.05) is 24.2 Å². The minimum Gasteiger partial charge on any atom is -0.508 e. The van der Waals surface area contributed by atoms with Crippen molar-refractivity contribution in [2.45, 2.75) is 6.04 Å². The van der Waals surface area contributed by atoms with Crippen molar-refractivity contribution in [1.82, 2.24) is 4.90 Å². The van der Waals surface area contributed by atoms with Crippen molar-refractivity contribution in [1.29, 1.82) is 0 Å². The smallest absolute Gasteiger partial charge is 0.295 e. The normalized spacial score (nSPS) is 17.8. The molecule has 31 heavy (non-hydrogen) atoms. The number of phenolic OH excluding ortho intramolecular Hbond substituents is 1. The van der Waals surface area contributed by atoms with Gasteiger partial charge in [-0.2, -0.15) is 0 Å². The fraction of sp³-hybridized carbons (Fsp3) is 0.238. The van der Waals surface area contributed by atoms with Crippen molar-refractivity contribution in [2.75, 3.05) is 26.4 Å². The minimum absolute atomic E-state index is 0.00182. The van der Waals surface area contributed by atoms with Crippen LogP contribution in [0.15, 0.2) is 54.1 Å². The van der Waals surface area contributed by atoms with E-state index in [0.29, 0.717) is 5.56 Å². The van der Waals surface area contributed by atoms with E-state index >= 15 is 0 Å². The summed E-state index contributed by atoms with van der Waals surface area (Å²) in [5.41, 5.74) is -0.0335. The first-order valence-electron chi connectivity index (χ1n) is 9.36. The molecule has 0 radical (unpaired) electrons. The van der Waals surface area contributed by atoms with Crippen LogP contribution in [0, 0.1) is 10.1 Å². The predicted octanol–water partition coefficient (Wildman–Crippen LogP) is 1.73. The number of carbonyl (C=O) groups excluding carboxylic acids is 2. The summed E-state index contributed by atoms with van der Waals surface area (Å²) in [6.45, 7) is -0.102. The van der Waals surface area contributed by atoms with Gasteiger partial charge in [0.2, 0.25) is 0 Å². The number of aliphatic hydroxyl groups is 2. The lowest BCUT2D eigenvalue weighted by molar-refractivity contribution is -0.384. The maximum atomic E-state index is 12.8. The molecule has 2 aromatic carbocycles. The van der Waals surface area contributed by atoms with E-state index in [1.165, 1.54) is 47.4 Å². The topological polar surface area (TPSA) is 150 Å². The number of nitro groups is 1. The number of ether oxygens (including phenoxy) is 1. The number of hydrogen-bond donors (Lipinski definition) is 3. The highest BCUT2D eigenvalue weighted by atomic mass is 16.6. The molecule has 3 N–H and O–H groups in total. The summed E-state index contributed by atoms with van der Waals surface area (Å²) < 4.78 is 5.21. The van der Waals surface area contributed by atoms with Crippen LogP contribution in [0.5, 0.6) is 5.75 Å². The first-order valence-corrected chi connectivity index (χ1v) is 9.36. The van der Waals surface area contributed by atoms with E-state index in [9.17, 15) is 29.9 Å². The summed E-state index contributed by atoms with van der Waals surface area (Å²) in [6, 6.07) is 9.90. The van der Waals surface area contributed by atoms with Gasteiger partial charge in [-0.25, -0.2) is 0 Å². The summed E-state index contributed by atoms with van der Waals surface area (Å²) in [6.07, 6.45) is 0. The second-order valence-electron chi connectivity index (χ2n) is 6.73. The van der Waals surface area contributed by atoms with Crippen molar-refractivity contribution in [3.05, 3.63) is 75.3 Å². The number of Topliss-reactive ketones (excluding diaryl/α,β-unsaturated/α-hetero) is 1. The molecule has 0 aliphatic carbocycles. The van der Waals surface area contributed by atoms with E-state index in [0.717, 1.165) is 6.07 Å². The maximum Gasteiger partial charge on any atom is 0.295 e. The Hall–Kier alpha value is -3.76. The van der Waals surface area contributed by atoms with Crippen molar-refractivity contribution < 1.29 is 34.6 Å². The van der Waals surface area contributed by atoms with Crippen molar-refractivity contribution >= 4 is 23.1 Å². The summed E-state index contributed by atoms with van der Waals surface area (Å²) in [5, 5.41) is 40.4. The van der Waals surface area contributed by atoms with E-state index < -0.39 is 28.4 Å². The molecular weight excluding hydrogens is 408 g/mol. The molecule has 1 amide bonds. The number of ketones is 1. The van der Waals surface area contributed by atoms with Gasteiger partial charge in [-0.3, -0.25) is 19.7 Å². The molecule has 3 rings (SSSR count). The van der Waals surface area contributed by atoms with Crippen LogP contribution in [0.2, 0.25) is 0 Å². The second-order valence-corrected chi connectivity index (χ2v) is 6.73. The number of aliphatic hydroxyl groups excluding tert-OH is 2. The molecule has 10 heteroatoms. The molecule has 1 atom stereocenters. The third-order valence-corrected chi connectivity index (χ3v) is 4.79. The lowest BCUT2D eigenvalue weighted by Crippen LogP contribution is -2.33. The summed E-state index contributed by atoms with van der Waals surface area (Å²) in [7, 11) is 0. The van der Waals surface area contributed by atoms with Gasteiger partial charge in [0.25, 0.3) is 17.4 Å². The van der Waals surface area contributed by atoms with Gasteiger partial charge in [0.1, 0.15) is 11.5 Å². The van der Waals surface area contributed by atoms with E-state index in [4.69, 9.17) is 9.84 Å². The standard InChI is InChI=1S/C21H20N2O8/c24-9-11-31-10-8-22-18(13-4-6-16(25)7-5-13)17(20(27)21(22)28)19(26)14-2-1-3-15(12-14)23(29)30/h1-7,12,18,24-26H,8-11H2/t18-/m0/s1. The molecule has 0 bridgehead atoms. The number of non-ortho nitro benzene ring substituents is 1. The molecule has 0 aromatic heterocycles. The number of benzene rings is 2. The molecule has 10 nitrogen and oxygen atoms in total. The molecule has 0 unspecified atom stereocenters. The monoisotopic (exact) mass is 428 g/mol. The molecule has 1 saturated heterocycles. The Morgan fingerprint density at radius 2 is 1.84 bits per heavy atom. The van der Waals surface area contributed by atoms with Crippen molar-refractivity contribution in [2.24, 2.45) is 0 Å². The highest BCUT2D eigenvalue weighted by Gasteiger charge is 2.46. The number of likely N-dealkylation sites (tertiary alicyclic amines) is 1. The number of carbonyl (C=O) groups is 2. The van der Waals surface area contributed by atoms with Crippen LogP contribution in [0.4, 0.5) is 5.69 Å². The molecular formula is C21H20N2O8. The minimum atomic E-state index is -0.988. The fourth-order valence-corrected chi connectivity index (χ4v) is 3.37. The summed E-state index contributed by atoms with van der Waals surface area (Å²) in [5.74, 6) is -2.37. The molecule has 0 spiro atoms. The lowest BCUT2D eigenvalue weighted by atomic mass is 9.95. The van der Waals surface area contributed by atoms with Crippen LogP contribution in [0.25, 0.3) is 5.76 Å². The average molecular weight is 428 g/mol. The predicted molar refractivity (Wildman–Crippen MR) is 108 cm³/mol. The van der Waals surface area contributed by atoms with Gasteiger partial charge in [-0.1, -0.05) is 24.3 Å². The summed E-state index contributed by atoms with van der Waals surface area (Å²) >= 11 is 0. The van der Waals surface area contributed by atoms with E-state index in [1.54, 1.807) is 0 Å². The zero-order chi connectivity index (χ0) is 22.5. The zero-order valence-electron chi connectivity index (χ0n) is 16.3. The van der Waals surface area contributed by atoms with Crippen LogP contribution in [-0.2, 0) is 14.3 Å². The molecule has 0 saturated carbocycles. The second kappa shape index (κ2) is 9.37. The SMILES string of the molecule is O=C1C(=O)N(CCOCCO)[C@@H](c2ccc(O)cc2)C1=C(O)c1cccc([N+](=O)[O-])c1. The number of hydrogen-bond acceptors (Lipinski definition) is 8. The number of rotatable bonds is 8. The quantitative estimate of drug-likeness (QED) is 0.144. The molecule has 2 aromatic rings. The average Bonchev–Trinajstić information content (AvgIpc) is 3.01. The Balaban J connectivity index is 2.09. The van der Waals surface area contributed by atoms with Crippen LogP contribution in [0.1, 0.15) is 17.2 Å². The maximum absolute atomic E-state index is 12.8. The van der Waals surface area contributed by atoms with E-state index in [1.807, 2.05) is 0 Å². The van der Waals surface area contributed by atoms with Gasteiger partial charge in [0.15, 0.2) is 0 Å².